The van der Waals surface area contributed by atoms with Gasteiger partial charge in [0.2, 0.25) is 0 Å². The molecule has 0 N–H and O–H groups in total. The summed E-state index contributed by atoms with van der Waals surface area (Å²) in [6.07, 6.45) is 8.25. The molecule has 3 aliphatic carbocycles. The normalized spacial score (nSPS) is 25.3. The predicted octanol–water partition coefficient (Wildman–Crippen LogP) is 4.08. The molecule has 1 spiro atoms. The molecule has 120 valence electrons. The molecule has 1 heterocycles. The third-order valence-corrected chi connectivity index (χ3v) is 7.01. The highest BCUT2D eigenvalue weighted by Gasteiger charge is 2.56. The van der Waals surface area contributed by atoms with Crippen LogP contribution in [0.25, 0.3) is 0 Å². The highest BCUT2D eigenvalue weighted by molar-refractivity contribution is 7.99. The molecule has 0 saturated heterocycles. The third-order valence-electron chi connectivity index (χ3n) is 5.93. The molecule has 4 rings (SSSR count). The van der Waals surface area contributed by atoms with Gasteiger partial charge in [0.05, 0.1) is 0 Å². The molecule has 0 aromatic carbocycles. The van der Waals surface area contributed by atoms with Crippen LogP contribution in [0.4, 0.5) is 0 Å². The summed E-state index contributed by atoms with van der Waals surface area (Å²) in [7, 11) is 2.02. The average molecular weight is 326 g/mol. The van der Waals surface area contributed by atoms with Crippen molar-refractivity contribution < 1.29 is 4.79 Å². The zero-order chi connectivity index (χ0) is 16.4. The maximum atomic E-state index is 12.8. The number of allylic oxidation sites excluding steroid dienone is 5. The van der Waals surface area contributed by atoms with Crippen LogP contribution in [-0.4, -0.2) is 21.1 Å². The fourth-order valence-corrected chi connectivity index (χ4v) is 5.22. The Bertz CT molecular complexity index is 805. The second-order valence-electron chi connectivity index (χ2n) is 7.07. The summed E-state index contributed by atoms with van der Waals surface area (Å²) < 4.78 is 2.04. The Balaban J connectivity index is 1.69. The minimum atomic E-state index is 0.145. The first-order valence-corrected chi connectivity index (χ1v) is 9.22. The van der Waals surface area contributed by atoms with E-state index in [1.54, 1.807) is 11.8 Å². The second-order valence-corrected chi connectivity index (χ2v) is 8.01. The molecule has 1 saturated carbocycles. The number of rotatable bonds is 3. The second kappa shape index (κ2) is 4.97. The molecule has 1 atom stereocenters. The van der Waals surface area contributed by atoms with Gasteiger partial charge < -0.3 is 4.57 Å². The van der Waals surface area contributed by atoms with E-state index in [0.29, 0.717) is 5.78 Å². The zero-order valence-corrected chi connectivity index (χ0v) is 15.0. The molecule has 0 unspecified atom stereocenters. The van der Waals surface area contributed by atoms with Crippen LogP contribution in [0.15, 0.2) is 51.5 Å². The molecule has 0 radical (unpaired) electrons. The summed E-state index contributed by atoms with van der Waals surface area (Å²) in [5.74, 6) is 1.37. The highest BCUT2D eigenvalue weighted by Crippen LogP contribution is 2.63. The lowest BCUT2D eigenvalue weighted by Gasteiger charge is -2.32. The fraction of sp³-hybridized carbons (Fsp3) is 0.474. The van der Waals surface area contributed by atoms with Crippen molar-refractivity contribution in [3.63, 3.8) is 0 Å². The van der Waals surface area contributed by atoms with Crippen LogP contribution in [0.1, 0.15) is 33.6 Å². The van der Waals surface area contributed by atoms with Crippen LogP contribution in [0, 0.1) is 11.3 Å². The van der Waals surface area contributed by atoms with Gasteiger partial charge in [0.25, 0.3) is 0 Å². The minimum absolute atomic E-state index is 0.145. The van der Waals surface area contributed by atoms with E-state index in [4.69, 9.17) is 0 Å². The van der Waals surface area contributed by atoms with Crippen molar-refractivity contribution in [2.45, 2.75) is 38.8 Å². The Labute approximate surface area is 141 Å². The molecular formula is C19H22N2OS. The van der Waals surface area contributed by atoms with E-state index in [2.05, 4.69) is 31.8 Å². The van der Waals surface area contributed by atoms with Gasteiger partial charge in [0.15, 0.2) is 10.9 Å². The Kier molecular flexibility index (Phi) is 3.24. The van der Waals surface area contributed by atoms with Crippen molar-refractivity contribution in [1.82, 2.24) is 9.55 Å². The third kappa shape index (κ3) is 2.04. The predicted molar refractivity (Wildman–Crippen MR) is 93.3 cm³/mol. The van der Waals surface area contributed by atoms with E-state index in [1.165, 1.54) is 35.1 Å². The van der Waals surface area contributed by atoms with E-state index in [-0.39, 0.29) is 11.3 Å². The van der Waals surface area contributed by atoms with Crippen LogP contribution in [0.3, 0.4) is 0 Å². The number of aromatic nitrogens is 2. The Morgan fingerprint density at radius 1 is 1.39 bits per heavy atom. The van der Waals surface area contributed by atoms with Crippen LogP contribution in [0.5, 0.6) is 0 Å². The molecule has 3 aliphatic rings. The number of hydrogen-bond donors (Lipinski definition) is 0. The van der Waals surface area contributed by atoms with Gasteiger partial charge in [-0.3, -0.25) is 4.79 Å². The average Bonchev–Trinajstić information content (AvgIpc) is 3.13. The van der Waals surface area contributed by atoms with E-state index in [9.17, 15) is 4.79 Å². The number of ketones is 1. The van der Waals surface area contributed by atoms with Gasteiger partial charge >= 0.3 is 0 Å². The zero-order valence-electron chi connectivity index (χ0n) is 14.1. The Hall–Kier alpha value is -1.55. The lowest BCUT2D eigenvalue weighted by Crippen LogP contribution is -2.31. The van der Waals surface area contributed by atoms with Crippen molar-refractivity contribution in [2.24, 2.45) is 18.4 Å². The Morgan fingerprint density at radius 2 is 2.13 bits per heavy atom. The van der Waals surface area contributed by atoms with E-state index in [0.717, 1.165) is 16.5 Å². The summed E-state index contributed by atoms with van der Waals surface area (Å²) in [6, 6.07) is 0. The number of thioether (sulfide) groups is 1. The van der Waals surface area contributed by atoms with E-state index < -0.39 is 0 Å². The summed E-state index contributed by atoms with van der Waals surface area (Å²) in [5.41, 5.74) is 6.40. The first-order valence-electron chi connectivity index (χ1n) is 8.23. The lowest BCUT2D eigenvalue weighted by molar-refractivity contribution is -0.120. The number of imidazole rings is 1. The summed E-state index contributed by atoms with van der Waals surface area (Å²) in [4.78, 5) is 17.2. The molecule has 0 bridgehead atoms. The van der Waals surface area contributed by atoms with E-state index >= 15 is 0 Å². The molecule has 1 aromatic heterocycles. The number of carbonyl (C=O) groups is 1. The molecule has 1 fully saturated rings. The van der Waals surface area contributed by atoms with E-state index in [1.807, 2.05) is 24.0 Å². The maximum Gasteiger partial charge on any atom is 0.167 e. The topological polar surface area (TPSA) is 34.9 Å². The summed E-state index contributed by atoms with van der Waals surface area (Å²) in [5, 5.41) is 1.02. The SMILES string of the molecule is CC1=C(CSc2nccn2C)C2=C(C)C3(CC3)[C@H](C)C(=O)C2=C1. The van der Waals surface area contributed by atoms with Crippen LogP contribution in [-0.2, 0) is 11.8 Å². The largest absolute Gasteiger partial charge is 0.329 e. The number of Topliss-reactive ketones (excluding diaryl/α,β-unsaturated/α-hetero) is 1. The Morgan fingerprint density at radius 3 is 2.74 bits per heavy atom. The molecule has 0 amide bonds. The van der Waals surface area contributed by atoms with Gasteiger partial charge in [-0.1, -0.05) is 24.3 Å². The smallest absolute Gasteiger partial charge is 0.167 e. The van der Waals surface area contributed by atoms with Gasteiger partial charge in [-0.15, -0.1) is 0 Å². The molecule has 4 heteroatoms. The maximum absolute atomic E-state index is 12.8. The molecule has 3 nitrogen and oxygen atoms in total. The first-order chi connectivity index (χ1) is 11.0. The summed E-state index contributed by atoms with van der Waals surface area (Å²) in [6.45, 7) is 6.51. The van der Waals surface area contributed by atoms with Gasteiger partial charge in [-0.25, -0.2) is 4.98 Å². The number of nitrogens with zero attached hydrogens (tertiary/aromatic N) is 2. The van der Waals surface area contributed by atoms with Gasteiger partial charge in [0, 0.05) is 42.1 Å². The molecule has 23 heavy (non-hydrogen) atoms. The van der Waals surface area contributed by atoms with Crippen LogP contribution in [0.2, 0.25) is 0 Å². The number of carbonyl (C=O) groups excluding carboxylic acids is 1. The number of hydrogen-bond acceptors (Lipinski definition) is 3. The monoisotopic (exact) mass is 326 g/mol. The van der Waals surface area contributed by atoms with Gasteiger partial charge in [0.1, 0.15) is 0 Å². The van der Waals surface area contributed by atoms with Crippen molar-refractivity contribution in [3.8, 4) is 0 Å². The van der Waals surface area contributed by atoms with Crippen molar-refractivity contribution in [1.29, 1.82) is 0 Å². The molecule has 0 aliphatic heterocycles. The van der Waals surface area contributed by atoms with Gasteiger partial charge in [-0.05, 0) is 49.5 Å². The molecular weight excluding hydrogens is 304 g/mol. The molecule has 1 aromatic rings. The van der Waals surface area contributed by atoms with Gasteiger partial charge in [-0.2, -0.15) is 0 Å². The van der Waals surface area contributed by atoms with Crippen molar-refractivity contribution in [2.75, 3.05) is 5.75 Å². The van der Waals surface area contributed by atoms with Crippen molar-refractivity contribution >= 4 is 17.5 Å². The van der Waals surface area contributed by atoms with Crippen LogP contribution < -0.4 is 0 Å². The van der Waals surface area contributed by atoms with Crippen molar-refractivity contribution in [3.05, 3.63) is 46.3 Å². The standard InChI is InChI=1S/C19H22N2OS/c1-11-9-14-16(12(2)19(5-6-19)13(3)17(14)22)15(11)10-23-18-20-7-8-21(18)4/h7-9,13H,5-6,10H2,1-4H3/t13-/m1/s1. The summed E-state index contributed by atoms with van der Waals surface area (Å²) >= 11 is 1.75. The number of fused-ring (bicyclic) bond motifs is 1. The quantitative estimate of drug-likeness (QED) is 0.785. The highest BCUT2D eigenvalue weighted by atomic mass is 32.2. The fourth-order valence-electron chi connectivity index (χ4n) is 4.17. The van der Waals surface area contributed by atoms with Crippen LogP contribution >= 0.6 is 11.8 Å². The number of aryl methyl sites for hydroxylation is 1. The first kappa shape index (κ1) is 15.0. The lowest BCUT2D eigenvalue weighted by atomic mass is 9.70. The minimum Gasteiger partial charge on any atom is -0.329 e.